The van der Waals surface area contributed by atoms with Gasteiger partial charge in [0.25, 0.3) is 5.91 Å². The van der Waals surface area contributed by atoms with Gasteiger partial charge in [-0.3, -0.25) is 4.79 Å². The Morgan fingerprint density at radius 3 is 2.48 bits per heavy atom. The highest BCUT2D eigenvalue weighted by molar-refractivity contribution is 5.91. The van der Waals surface area contributed by atoms with Gasteiger partial charge >= 0.3 is 0 Å². The van der Waals surface area contributed by atoms with Gasteiger partial charge in [0.2, 0.25) is 0 Å². The van der Waals surface area contributed by atoms with Crippen LogP contribution in [0.4, 0.5) is 0 Å². The van der Waals surface area contributed by atoms with Gasteiger partial charge in [0.15, 0.2) is 5.76 Å². The molecule has 0 aliphatic carbocycles. The molecule has 1 amide bonds. The molecule has 2 aromatic carbocycles. The van der Waals surface area contributed by atoms with Gasteiger partial charge < -0.3 is 14.1 Å². The summed E-state index contributed by atoms with van der Waals surface area (Å²) in [6.45, 7) is 5.89. The molecule has 4 heteroatoms. The molecule has 3 aromatic rings. The summed E-state index contributed by atoms with van der Waals surface area (Å²) in [5.74, 6) is 1.43. The molecule has 3 rings (SSSR count). The van der Waals surface area contributed by atoms with Gasteiger partial charge in [0.05, 0.1) is 6.26 Å². The minimum absolute atomic E-state index is 0.0932. The van der Waals surface area contributed by atoms with Gasteiger partial charge in [0.1, 0.15) is 12.4 Å². The summed E-state index contributed by atoms with van der Waals surface area (Å²) >= 11 is 0. The molecule has 0 radical (unpaired) electrons. The molecule has 0 bridgehead atoms. The number of ether oxygens (including phenoxy) is 1. The molecule has 0 spiro atoms. The molecule has 0 atom stereocenters. The number of furan rings is 1. The summed E-state index contributed by atoms with van der Waals surface area (Å²) in [7, 11) is 0. The van der Waals surface area contributed by atoms with Crippen molar-refractivity contribution in [3.63, 3.8) is 0 Å². The highest BCUT2D eigenvalue weighted by Crippen LogP contribution is 2.18. The van der Waals surface area contributed by atoms with Crippen LogP contribution in [0, 0.1) is 5.92 Å². The number of carbonyl (C=O) groups excluding carboxylic acids is 1. The topological polar surface area (TPSA) is 42.7 Å². The second-order valence-electron chi connectivity index (χ2n) is 6.98. The van der Waals surface area contributed by atoms with Crippen molar-refractivity contribution in [3.05, 3.63) is 89.9 Å². The van der Waals surface area contributed by atoms with E-state index in [2.05, 4.69) is 13.8 Å². The molecule has 0 fully saturated rings. The summed E-state index contributed by atoms with van der Waals surface area (Å²) in [5, 5.41) is 0. The Kier molecular flexibility index (Phi) is 6.31. The Bertz CT molecular complexity index is 841. The lowest BCUT2D eigenvalue weighted by molar-refractivity contribution is 0.0690. The monoisotopic (exact) mass is 363 g/mol. The molecule has 0 saturated heterocycles. The van der Waals surface area contributed by atoms with E-state index in [1.807, 2.05) is 59.5 Å². The molecule has 0 N–H and O–H groups in total. The number of hydrogen-bond donors (Lipinski definition) is 0. The summed E-state index contributed by atoms with van der Waals surface area (Å²) < 4.78 is 11.2. The Hall–Kier alpha value is -3.01. The van der Waals surface area contributed by atoms with Crippen molar-refractivity contribution in [2.24, 2.45) is 5.92 Å². The molecule has 27 heavy (non-hydrogen) atoms. The normalized spacial score (nSPS) is 10.8. The van der Waals surface area contributed by atoms with Crippen molar-refractivity contribution >= 4 is 5.91 Å². The second-order valence-corrected chi connectivity index (χ2v) is 6.98. The van der Waals surface area contributed by atoms with Crippen LogP contribution >= 0.6 is 0 Å². The first kappa shape index (κ1) is 18.8. The lowest BCUT2D eigenvalue weighted by Gasteiger charge is -2.24. The van der Waals surface area contributed by atoms with E-state index in [-0.39, 0.29) is 5.91 Å². The van der Waals surface area contributed by atoms with E-state index in [4.69, 9.17) is 9.15 Å². The van der Waals surface area contributed by atoms with E-state index in [1.165, 1.54) is 6.26 Å². The van der Waals surface area contributed by atoms with Crippen molar-refractivity contribution in [2.45, 2.75) is 27.0 Å². The van der Waals surface area contributed by atoms with Crippen LogP contribution in [0.2, 0.25) is 0 Å². The van der Waals surface area contributed by atoms with Crippen molar-refractivity contribution in [1.29, 1.82) is 0 Å². The van der Waals surface area contributed by atoms with Crippen molar-refractivity contribution < 1.29 is 13.9 Å². The molecule has 0 unspecified atom stereocenters. The van der Waals surface area contributed by atoms with Crippen LogP contribution in [0.5, 0.6) is 5.75 Å². The highest BCUT2D eigenvalue weighted by atomic mass is 16.5. The van der Waals surface area contributed by atoms with Crippen LogP contribution < -0.4 is 4.74 Å². The average molecular weight is 363 g/mol. The quantitative estimate of drug-likeness (QED) is 0.555. The minimum atomic E-state index is -0.0932. The number of nitrogens with zero attached hydrogens (tertiary/aromatic N) is 1. The fraction of sp³-hybridized carbons (Fsp3) is 0.261. The number of hydrogen-bond acceptors (Lipinski definition) is 3. The van der Waals surface area contributed by atoms with E-state index in [0.29, 0.717) is 31.4 Å². The minimum Gasteiger partial charge on any atom is -0.489 e. The van der Waals surface area contributed by atoms with Gasteiger partial charge in [0, 0.05) is 13.1 Å². The predicted octanol–water partition coefficient (Wildman–Crippen LogP) is 5.16. The van der Waals surface area contributed by atoms with E-state index in [0.717, 1.165) is 16.9 Å². The lowest BCUT2D eigenvalue weighted by Crippen LogP contribution is -2.33. The third kappa shape index (κ3) is 5.48. The largest absolute Gasteiger partial charge is 0.489 e. The number of rotatable bonds is 8. The van der Waals surface area contributed by atoms with E-state index < -0.39 is 0 Å². The molecule has 0 aliphatic rings. The van der Waals surface area contributed by atoms with Crippen molar-refractivity contribution in [1.82, 2.24) is 4.90 Å². The van der Waals surface area contributed by atoms with Crippen LogP contribution in [0.15, 0.2) is 77.4 Å². The summed E-state index contributed by atoms with van der Waals surface area (Å²) in [4.78, 5) is 14.6. The van der Waals surface area contributed by atoms with Crippen LogP contribution in [-0.4, -0.2) is 17.4 Å². The third-order valence-corrected chi connectivity index (χ3v) is 4.12. The first-order chi connectivity index (χ1) is 13.1. The standard InChI is InChI=1S/C23H25NO3/c1-18(2)15-24(23(25)22-12-7-13-26-22)16-20-10-6-11-21(14-20)27-17-19-8-4-3-5-9-19/h3-14,18H,15-17H2,1-2H3. The summed E-state index contributed by atoms with van der Waals surface area (Å²) in [6, 6.07) is 21.4. The molecule has 1 heterocycles. The number of carbonyl (C=O) groups is 1. The molecular formula is C23H25NO3. The maximum absolute atomic E-state index is 12.7. The molecule has 4 nitrogen and oxygen atoms in total. The SMILES string of the molecule is CC(C)CN(Cc1cccc(OCc2ccccc2)c1)C(=O)c1ccco1. The fourth-order valence-corrected chi connectivity index (χ4v) is 2.91. The number of benzene rings is 2. The first-order valence-electron chi connectivity index (χ1n) is 9.20. The van der Waals surface area contributed by atoms with Gasteiger partial charge in [-0.1, -0.05) is 56.3 Å². The highest BCUT2D eigenvalue weighted by Gasteiger charge is 2.19. The molecule has 0 saturated carbocycles. The Labute approximate surface area is 160 Å². The smallest absolute Gasteiger partial charge is 0.289 e. The average Bonchev–Trinajstić information content (AvgIpc) is 3.21. The Balaban J connectivity index is 1.69. The van der Waals surface area contributed by atoms with E-state index >= 15 is 0 Å². The van der Waals surface area contributed by atoms with Crippen LogP contribution in [0.1, 0.15) is 35.5 Å². The van der Waals surface area contributed by atoms with Gasteiger partial charge in [-0.2, -0.15) is 0 Å². The van der Waals surface area contributed by atoms with Crippen LogP contribution in [0.25, 0.3) is 0 Å². The van der Waals surface area contributed by atoms with Gasteiger partial charge in [-0.05, 0) is 41.3 Å². The van der Waals surface area contributed by atoms with Crippen LogP contribution in [-0.2, 0) is 13.2 Å². The van der Waals surface area contributed by atoms with Crippen molar-refractivity contribution in [2.75, 3.05) is 6.54 Å². The maximum atomic E-state index is 12.7. The third-order valence-electron chi connectivity index (χ3n) is 4.12. The zero-order valence-corrected chi connectivity index (χ0v) is 15.8. The molecule has 1 aromatic heterocycles. The lowest BCUT2D eigenvalue weighted by atomic mass is 10.1. The van der Waals surface area contributed by atoms with Crippen molar-refractivity contribution in [3.8, 4) is 5.75 Å². The second kappa shape index (κ2) is 9.08. The molecular weight excluding hydrogens is 338 g/mol. The Morgan fingerprint density at radius 1 is 1.00 bits per heavy atom. The fourth-order valence-electron chi connectivity index (χ4n) is 2.91. The zero-order valence-electron chi connectivity index (χ0n) is 15.8. The van der Waals surface area contributed by atoms with Crippen LogP contribution in [0.3, 0.4) is 0 Å². The molecule has 140 valence electrons. The number of amides is 1. The van der Waals surface area contributed by atoms with E-state index in [9.17, 15) is 4.79 Å². The summed E-state index contributed by atoms with van der Waals surface area (Å²) in [6.07, 6.45) is 1.53. The van der Waals surface area contributed by atoms with Gasteiger partial charge in [-0.15, -0.1) is 0 Å². The Morgan fingerprint density at radius 2 is 1.78 bits per heavy atom. The summed E-state index contributed by atoms with van der Waals surface area (Å²) in [5.41, 5.74) is 2.15. The maximum Gasteiger partial charge on any atom is 0.289 e. The predicted molar refractivity (Wildman–Crippen MR) is 106 cm³/mol. The van der Waals surface area contributed by atoms with Gasteiger partial charge in [-0.25, -0.2) is 0 Å². The van der Waals surface area contributed by atoms with E-state index in [1.54, 1.807) is 12.1 Å². The zero-order chi connectivity index (χ0) is 19.1. The first-order valence-corrected chi connectivity index (χ1v) is 9.20. The molecule has 0 aliphatic heterocycles.